The largest absolute Gasteiger partial charge is 0.484 e. The Balaban J connectivity index is 1.17. The van der Waals surface area contributed by atoms with E-state index in [1.807, 2.05) is 26.0 Å². The lowest BCUT2D eigenvalue weighted by Gasteiger charge is -2.34. The van der Waals surface area contributed by atoms with Crippen molar-refractivity contribution in [1.29, 1.82) is 0 Å². The van der Waals surface area contributed by atoms with Gasteiger partial charge in [-0.2, -0.15) is 0 Å². The first-order valence-corrected chi connectivity index (χ1v) is 13.8. The van der Waals surface area contributed by atoms with E-state index in [0.717, 1.165) is 63.2 Å². The quantitative estimate of drug-likeness (QED) is 0.340. The lowest BCUT2D eigenvalue weighted by atomic mass is 10.2. The molecule has 0 bridgehead atoms. The summed E-state index contributed by atoms with van der Waals surface area (Å²) in [7, 11) is 0. The number of ether oxygens (including phenoxy) is 2. The van der Waals surface area contributed by atoms with Gasteiger partial charge in [-0.1, -0.05) is 23.2 Å². The second-order valence-electron chi connectivity index (χ2n) is 9.49. The van der Waals surface area contributed by atoms with Crippen LogP contribution in [0.1, 0.15) is 24.0 Å². The number of piperazine rings is 1. The number of aryl methyl sites for hydroxylation is 2. The molecule has 8 nitrogen and oxygen atoms in total. The van der Waals surface area contributed by atoms with Gasteiger partial charge in [0.05, 0.1) is 0 Å². The first-order valence-electron chi connectivity index (χ1n) is 13.1. The first kappa shape index (κ1) is 30.0. The molecule has 1 heterocycles. The van der Waals surface area contributed by atoms with Gasteiger partial charge >= 0.3 is 0 Å². The molecule has 3 rings (SSSR count). The highest BCUT2D eigenvalue weighted by atomic mass is 35.5. The van der Waals surface area contributed by atoms with E-state index in [4.69, 9.17) is 32.7 Å². The summed E-state index contributed by atoms with van der Waals surface area (Å²) >= 11 is 11.9. The van der Waals surface area contributed by atoms with E-state index in [1.54, 1.807) is 24.3 Å². The molecular formula is C28H38Cl2N4O4. The van der Waals surface area contributed by atoms with Crippen molar-refractivity contribution in [3.8, 4) is 11.5 Å². The molecule has 38 heavy (non-hydrogen) atoms. The van der Waals surface area contributed by atoms with E-state index in [0.29, 0.717) is 34.6 Å². The van der Waals surface area contributed by atoms with Gasteiger partial charge in [0.15, 0.2) is 13.2 Å². The maximum atomic E-state index is 12.1. The Morgan fingerprint density at radius 3 is 1.50 bits per heavy atom. The number of nitrogens with one attached hydrogen (secondary N) is 2. The number of amides is 2. The molecule has 2 aromatic rings. The van der Waals surface area contributed by atoms with Crippen LogP contribution in [-0.4, -0.2) is 87.2 Å². The molecule has 0 radical (unpaired) electrons. The third-order valence-corrected chi connectivity index (χ3v) is 6.87. The summed E-state index contributed by atoms with van der Waals surface area (Å²) in [5.41, 5.74) is 1.81. The van der Waals surface area contributed by atoms with Crippen LogP contribution in [0.25, 0.3) is 0 Å². The van der Waals surface area contributed by atoms with Crippen LogP contribution in [0.15, 0.2) is 36.4 Å². The van der Waals surface area contributed by atoms with Crippen LogP contribution in [0.3, 0.4) is 0 Å². The second-order valence-corrected chi connectivity index (χ2v) is 10.4. The summed E-state index contributed by atoms with van der Waals surface area (Å²) in [6.07, 6.45) is 1.80. The average Bonchev–Trinajstić information content (AvgIpc) is 2.89. The van der Waals surface area contributed by atoms with Crippen LogP contribution in [0.5, 0.6) is 11.5 Å². The highest BCUT2D eigenvalue weighted by molar-refractivity contribution is 6.31. The van der Waals surface area contributed by atoms with Gasteiger partial charge in [0.1, 0.15) is 11.5 Å². The van der Waals surface area contributed by atoms with E-state index in [2.05, 4.69) is 20.4 Å². The van der Waals surface area contributed by atoms with Crippen LogP contribution >= 0.6 is 23.2 Å². The molecule has 0 aliphatic carbocycles. The number of benzene rings is 2. The molecule has 0 spiro atoms. The minimum atomic E-state index is -0.122. The standard InChI is InChI=1S/C28H38Cl2N4O4/c1-21-17-23(29)5-7-25(21)37-19-27(35)31-9-3-11-33-13-15-34(16-14-33)12-4-10-32-28(36)20-38-26-8-6-24(30)18-22(26)2/h5-8,17-18H,3-4,9-16,19-20H2,1-2H3,(H,31,35)(H,32,36). The Kier molecular flexibility index (Phi) is 12.5. The maximum absolute atomic E-state index is 12.1. The van der Waals surface area contributed by atoms with Crippen LogP contribution in [0, 0.1) is 13.8 Å². The fourth-order valence-electron chi connectivity index (χ4n) is 4.24. The molecular weight excluding hydrogens is 527 g/mol. The molecule has 1 saturated heterocycles. The van der Waals surface area contributed by atoms with E-state index >= 15 is 0 Å². The molecule has 0 atom stereocenters. The predicted molar refractivity (Wildman–Crippen MR) is 152 cm³/mol. The monoisotopic (exact) mass is 564 g/mol. The van der Waals surface area contributed by atoms with Gasteiger partial charge in [-0.3, -0.25) is 9.59 Å². The minimum Gasteiger partial charge on any atom is -0.484 e. The van der Waals surface area contributed by atoms with Crippen molar-refractivity contribution >= 4 is 35.0 Å². The Labute approximate surface area is 235 Å². The van der Waals surface area contributed by atoms with E-state index in [1.165, 1.54) is 0 Å². The highest BCUT2D eigenvalue weighted by Crippen LogP contribution is 2.22. The van der Waals surface area contributed by atoms with Crippen LogP contribution in [0.4, 0.5) is 0 Å². The summed E-state index contributed by atoms with van der Waals surface area (Å²) < 4.78 is 11.2. The van der Waals surface area contributed by atoms with Gasteiger partial charge in [-0.05, 0) is 87.3 Å². The van der Waals surface area contributed by atoms with Crippen molar-refractivity contribution in [1.82, 2.24) is 20.4 Å². The summed E-state index contributed by atoms with van der Waals surface area (Å²) in [5.74, 6) is 1.09. The Morgan fingerprint density at radius 1 is 0.737 bits per heavy atom. The number of carbonyl (C=O) groups excluding carboxylic acids is 2. The molecule has 0 aromatic heterocycles. The average molecular weight is 566 g/mol. The van der Waals surface area contributed by atoms with Crippen molar-refractivity contribution in [2.45, 2.75) is 26.7 Å². The molecule has 10 heteroatoms. The Morgan fingerprint density at radius 2 is 1.13 bits per heavy atom. The van der Waals surface area contributed by atoms with Crippen molar-refractivity contribution in [2.24, 2.45) is 0 Å². The predicted octanol–water partition coefficient (Wildman–Crippen LogP) is 3.70. The van der Waals surface area contributed by atoms with Gasteiger partial charge in [0.25, 0.3) is 11.8 Å². The third-order valence-electron chi connectivity index (χ3n) is 6.40. The van der Waals surface area contributed by atoms with Gasteiger partial charge in [0, 0.05) is 49.3 Å². The zero-order valence-electron chi connectivity index (χ0n) is 22.2. The zero-order chi connectivity index (χ0) is 27.3. The summed E-state index contributed by atoms with van der Waals surface area (Å²) in [5, 5.41) is 7.14. The van der Waals surface area contributed by atoms with Gasteiger partial charge < -0.3 is 29.9 Å². The smallest absolute Gasteiger partial charge is 0.257 e. The van der Waals surface area contributed by atoms with E-state index in [-0.39, 0.29) is 25.0 Å². The summed E-state index contributed by atoms with van der Waals surface area (Å²) in [6, 6.07) is 10.7. The van der Waals surface area contributed by atoms with Crippen molar-refractivity contribution in [3.05, 3.63) is 57.6 Å². The maximum Gasteiger partial charge on any atom is 0.257 e. The molecule has 1 fully saturated rings. The van der Waals surface area contributed by atoms with Gasteiger partial charge in [-0.25, -0.2) is 0 Å². The molecule has 1 aliphatic rings. The number of rotatable bonds is 14. The topological polar surface area (TPSA) is 83.1 Å². The van der Waals surface area contributed by atoms with E-state index in [9.17, 15) is 9.59 Å². The number of hydrogen-bond donors (Lipinski definition) is 2. The normalized spacial score (nSPS) is 14.2. The van der Waals surface area contributed by atoms with Crippen LogP contribution < -0.4 is 20.1 Å². The van der Waals surface area contributed by atoms with Crippen molar-refractivity contribution in [3.63, 3.8) is 0 Å². The lowest BCUT2D eigenvalue weighted by Crippen LogP contribution is -2.47. The Bertz CT molecular complexity index is 978. The number of hydrogen-bond acceptors (Lipinski definition) is 6. The fourth-order valence-corrected chi connectivity index (χ4v) is 4.69. The van der Waals surface area contributed by atoms with Gasteiger partial charge in [0.2, 0.25) is 0 Å². The second kappa shape index (κ2) is 15.8. The number of nitrogens with zero attached hydrogens (tertiary/aromatic N) is 2. The highest BCUT2D eigenvalue weighted by Gasteiger charge is 2.16. The molecule has 2 N–H and O–H groups in total. The third kappa shape index (κ3) is 10.7. The molecule has 0 unspecified atom stereocenters. The zero-order valence-corrected chi connectivity index (χ0v) is 23.7. The molecule has 0 saturated carbocycles. The van der Waals surface area contributed by atoms with Crippen LogP contribution in [0.2, 0.25) is 10.0 Å². The summed E-state index contributed by atoms with van der Waals surface area (Å²) in [6.45, 7) is 11.0. The van der Waals surface area contributed by atoms with Crippen molar-refractivity contribution in [2.75, 3.05) is 65.6 Å². The van der Waals surface area contributed by atoms with Crippen molar-refractivity contribution < 1.29 is 19.1 Å². The molecule has 2 amide bonds. The number of halogens is 2. The molecule has 208 valence electrons. The van der Waals surface area contributed by atoms with Crippen LogP contribution in [-0.2, 0) is 9.59 Å². The fraction of sp³-hybridized carbons (Fsp3) is 0.500. The lowest BCUT2D eigenvalue weighted by molar-refractivity contribution is -0.123. The van der Waals surface area contributed by atoms with Gasteiger partial charge in [-0.15, -0.1) is 0 Å². The molecule has 1 aliphatic heterocycles. The van der Waals surface area contributed by atoms with E-state index < -0.39 is 0 Å². The number of carbonyl (C=O) groups is 2. The SMILES string of the molecule is Cc1cc(Cl)ccc1OCC(=O)NCCCN1CCN(CCCNC(=O)COc2ccc(Cl)cc2C)CC1. The molecule has 2 aromatic carbocycles. The Hall–Kier alpha value is -2.52. The first-order chi connectivity index (χ1) is 18.3. The summed E-state index contributed by atoms with van der Waals surface area (Å²) in [4.78, 5) is 29.0. The minimum absolute atomic E-state index is 0.00333.